The van der Waals surface area contributed by atoms with Crippen LogP contribution in [-0.4, -0.2) is 53.2 Å². The molecule has 210 valence electrons. The molecule has 2 aromatic carbocycles. The van der Waals surface area contributed by atoms with Gasteiger partial charge in [-0.05, 0) is 62.2 Å². The average molecular weight is 569 g/mol. The Hall–Kier alpha value is -3.90. The van der Waals surface area contributed by atoms with E-state index >= 15 is 4.39 Å². The van der Waals surface area contributed by atoms with Gasteiger partial charge in [-0.2, -0.15) is 5.10 Å². The summed E-state index contributed by atoms with van der Waals surface area (Å²) in [6.07, 6.45) is 5.32. The van der Waals surface area contributed by atoms with E-state index in [0.717, 1.165) is 37.3 Å². The Morgan fingerprint density at radius 3 is 2.67 bits per heavy atom. The van der Waals surface area contributed by atoms with Crippen LogP contribution in [0.1, 0.15) is 48.5 Å². The van der Waals surface area contributed by atoms with E-state index in [1.165, 1.54) is 31.0 Å². The molecule has 0 radical (unpaired) electrons. The third kappa shape index (κ3) is 6.13. The Morgan fingerprint density at radius 2 is 1.90 bits per heavy atom. The van der Waals surface area contributed by atoms with Gasteiger partial charge in [0, 0.05) is 17.5 Å². The standard InChI is InChI=1S/C28H30F2N6O3S/c1-2-13-40(38,39)35-23-10-9-22(29)24(25(23)30)28(37)32-20-15-21-26(33-34-27(21)31-16-20)19-8-6-7-18(14-19)17-36-11-4-3-5-12-36/h6-10,14-16,35H,2-5,11-13,17H2,1H3,(H,32,37)(H,31,33,34). The SMILES string of the molecule is CCCS(=O)(=O)Nc1ccc(F)c(C(=O)Nc2cnc3n[nH]c(-c4cccc(CN5CCCCC5)c4)c3c2)c1F. The molecule has 5 rings (SSSR count). The quantitative estimate of drug-likeness (QED) is 0.252. The summed E-state index contributed by atoms with van der Waals surface area (Å²) in [5.41, 5.74) is 1.96. The Kier molecular flexibility index (Phi) is 8.08. The highest BCUT2D eigenvalue weighted by Gasteiger charge is 2.23. The molecule has 0 atom stereocenters. The fourth-order valence-electron chi connectivity index (χ4n) is 4.91. The van der Waals surface area contributed by atoms with Crippen molar-refractivity contribution in [2.45, 2.75) is 39.2 Å². The summed E-state index contributed by atoms with van der Waals surface area (Å²) in [6, 6.07) is 11.5. The minimum atomic E-state index is -3.85. The molecule has 3 heterocycles. The Labute approximate surface area is 231 Å². The van der Waals surface area contributed by atoms with E-state index in [1.807, 2.05) is 12.1 Å². The van der Waals surface area contributed by atoms with Crippen LogP contribution in [0.25, 0.3) is 22.3 Å². The number of amides is 1. The maximum atomic E-state index is 15.1. The lowest BCUT2D eigenvalue weighted by molar-refractivity contribution is 0.101. The van der Waals surface area contributed by atoms with Crippen molar-refractivity contribution in [2.24, 2.45) is 0 Å². The lowest BCUT2D eigenvalue weighted by atomic mass is 10.0. The number of carbonyl (C=O) groups excluding carboxylic acids is 1. The molecule has 3 N–H and O–H groups in total. The topological polar surface area (TPSA) is 120 Å². The summed E-state index contributed by atoms with van der Waals surface area (Å²) in [5.74, 6) is -3.76. The number of fused-ring (bicyclic) bond motifs is 1. The Balaban J connectivity index is 1.40. The minimum absolute atomic E-state index is 0.195. The van der Waals surface area contributed by atoms with E-state index in [9.17, 15) is 17.6 Å². The highest BCUT2D eigenvalue weighted by Crippen LogP contribution is 2.29. The maximum Gasteiger partial charge on any atom is 0.261 e. The highest BCUT2D eigenvalue weighted by molar-refractivity contribution is 7.92. The second kappa shape index (κ2) is 11.7. The molecule has 1 aliphatic heterocycles. The molecule has 2 aromatic heterocycles. The molecular weight excluding hydrogens is 538 g/mol. The number of pyridine rings is 1. The van der Waals surface area contributed by atoms with Crippen molar-refractivity contribution in [1.29, 1.82) is 0 Å². The van der Waals surface area contributed by atoms with Crippen LogP contribution in [0.3, 0.4) is 0 Å². The van der Waals surface area contributed by atoms with Gasteiger partial charge >= 0.3 is 0 Å². The molecule has 40 heavy (non-hydrogen) atoms. The van der Waals surface area contributed by atoms with Crippen molar-refractivity contribution in [3.8, 4) is 11.3 Å². The summed E-state index contributed by atoms with van der Waals surface area (Å²) in [4.78, 5) is 19.7. The lowest BCUT2D eigenvalue weighted by Gasteiger charge is -2.26. The number of nitrogens with zero attached hydrogens (tertiary/aromatic N) is 3. The number of piperidine rings is 1. The molecule has 1 saturated heterocycles. The highest BCUT2D eigenvalue weighted by atomic mass is 32.2. The van der Waals surface area contributed by atoms with Gasteiger partial charge in [0.25, 0.3) is 5.91 Å². The summed E-state index contributed by atoms with van der Waals surface area (Å²) < 4.78 is 55.9. The molecule has 9 nitrogen and oxygen atoms in total. The van der Waals surface area contributed by atoms with Gasteiger partial charge in [-0.15, -0.1) is 0 Å². The summed E-state index contributed by atoms with van der Waals surface area (Å²) in [7, 11) is -3.85. The largest absolute Gasteiger partial charge is 0.320 e. The molecule has 1 aliphatic rings. The molecular formula is C28H30F2N6O3S. The van der Waals surface area contributed by atoms with Crippen LogP contribution < -0.4 is 10.0 Å². The summed E-state index contributed by atoms with van der Waals surface area (Å²) in [6.45, 7) is 4.67. The minimum Gasteiger partial charge on any atom is -0.320 e. The number of aromatic amines is 1. The van der Waals surface area contributed by atoms with Gasteiger partial charge in [-0.1, -0.05) is 31.5 Å². The van der Waals surface area contributed by atoms with E-state index < -0.39 is 38.8 Å². The molecule has 1 amide bonds. The fraction of sp³-hybridized carbons (Fsp3) is 0.321. The van der Waals surface area contributed by atoms with E-state index in [-0.39, 0.29) is 11.4 Å². The van der Waals surface area contributed by atoms with Crippen molar-refractivity contribution in [3.05, 3.63) is 71.4 Å². The van der Waals surface area contributed by atoms with Gasteiger partial charge < -0.3 is 5.32 Å². The Morgan fingerprint density at radius 1 is 1.10 bits per heavy atom. The van der Waals surface area contributed by atoms with Gasteiger partial charge in [0.05, 0.1) is 29.0 Å². The van der Waals surface area contributed by atoms with Crippen molar-refractivity contribution in [1.82, 2.24) is 20.1 Å². The number of likely N-dealkylation sites (tertiary alicyclic amines) is 1. The molecule has 0 unspecified atom stereocenters. The van der Waals surface area contributed by atoms with Crippen LogP contribution in [0.4, 0.5) is 20.2 Å². The molecule has 0 bridgehead atoms. The zero-order valence-corrected chi connectivity index (χ0v) is 22.8. The summed E-state index contributed by atoms with van der Waals surface area (Å²) in [5, 5.41) is 10.4. The molecule has 12 heteroatoms. The zero-order valence-electron chi connectivity index (χ0n) is 22.0. The van der Waals surface area contributed by atoms with Crippen LogP contribution in [-0.2, 0) is 16.6 Å². The number of aromatic nitrogens is 3. The number of halogens is 2. The van der Waals surface area contributed by atoms with Gasteiger partial charge in [-0.3, -0.25) is 19.5 Å². The van der Waals surface area contributed by atoms with Crippen LogP contribution in [0.5, 0.6) is 0 Å². The predicted molar refractivity (Wildman–Crippen MR) is 150 cm³/mol. The number of hydrogen-bond donors (Lipinski definition) is 3. The molecule has 0 saturated carbocycles. The number of H-pyrrole nitrogens is 1. The van der Waals surface area contributed by atoms with Gasteiger partial charge in [0.15, 0.2) is 11.5 Å². The monoisotopic (exact) mass is 568 g/mol. The lowest BCUT2D eigenvalue weighted by Crippen LogP contribution is -2.29. The van der Waals surface area contributed by atoms with E-state index in [2.05, 4.69) is 42.3 Å². The Bertz CT molecular complexity index is 1650. The zero-order chi connectivity index (χ0) is 28.3. The van der Waals surface area contributed by atoms with Gasteiger partial charge in [-0.25, -0.2) is 22.2 Å². The van der Waals surface area contributed by atoms with Crippen molar-refractivity contribution >= 4 is 38.3 Å². The van der Waals surface area contributed by atoms with Crippen LogP contribution in [0.15, 0.2) is 48.7 Å². The molecule has 4 aromatic rings. The number of rotatable bonds is 9. The number of benzene rings is 2. The van der Waals surface area contributed by atoms with Crippen LogP contribution in [0, 0.1) is 11.6 Å². The number of carbonyl (C=O) groups is 1. The first kappa shape index (κ1) is 27.7. The number of anilines is 2. The first-order valence-corrected chi connectivity index (χ1v) is 14.8. The second-order valence-electron chi connectivity index (χ2n) is 9.89. The van der Waals surface area contributed by atoms with Crippen molar-refractivity contribution in [2.75, 3.05) is 28.9 Å². The van der Waals surface area contributed by atoms with E-state index in [0.29, 0.717) is 23.1 Å². The average Bonchev–Trinajstić information content (AvgIpc) is 3.34. The van der Waals surface area contributed by atoms with E-state index in [4.69, 9.17) is 0 Å². The summed E-state index contributed by atoms with van der Waals surface area (Å²) >= 11 is 0. The van der Waals surface area contributed by atoms with Crippen LogP contribution in [0.2, 0.25) is 0 Å². The van der Waals surface area contributed by atoms with Crippen LogP contribution >= 0.6 is 0 Å². The number of hydrogen-bond acceptors (Lipinski definition) is 6. The molecule has 0 spiro atoms. The maximum absolute atomic E-state index is 15.1. The van der Waals surface area contributed by atoms with Crippen molar-refractivity contribution in [3.63, 3.8) is 0 Å². The molecule has 1 fully saturated rings. The second-order valence-corrected chi connectivity index (χ2v) is 11.7. The smallest absolute Gasteiger partial charge is 0.261 e. The number of nitrogens with one attached hydrogen (secondary N) is 3. The third-order valence-corrected chi connectivity index (χ3v) is 8.27. The first-order valence-electron chi connectivity index (χ1n) is 13.2. The first-order chi connectivity index (χ1) is 19.2. The third-order valence-electron chi connectivity index (χ3n) is 6.79. The van der Waals surface area contributed by atoms with E-state index in [1.54, 1.807) is 13.0 Å². The van der Waals surface area contributed by atoms with Gasteiger partial charge in [0.1, 0.15) is 11.4 Å². The normalized spacial score (nSPS) is 14.4. The van der Waals surface area contributed by atoms with Gasteiger partial charge in [0.2, 0.25) is 10.0 Å². The molecule has 0 aliphatic carbocycles. The number of sulfonamides is 1. The predicted octanol–water partition coefficient (Wildman–Crippen LogP) is 5.29. The fourth-order valence-corrected chi connectivity index (χ4v) is 6.04. The van der Waals surface area contributed by atoms with Crippen molar-refractivity contribution < 1.29 is 22.0 Å².